The van der Waals surface area contributed by atoms with Gasteiger partial charge in [0.1, 0.15) is 12.7 Å². The van der Waals surface area contributed by atoms with Crippen molar-refractivity contribution >= 4 is 29.7 Å². The van der Waals surface area contributed by atoms with Crippen LogP contribution < -0.4 is 0 Å². The maximum atomic E-state index is 11.7. The summed E-state index contributed by atoms with van der Waals surface area (Å²) in [5.41, 5.74) is 1.01. The van der Waals surface area contributed by atoms with Crippen molar-refractivity contribution in [1.29, 1.82) is 0 Å². The van der Waals surface area contributed by atoms with E-state index in [4.69, 9.17) is 18.9 Å². The summed E-state index contributed by atoms with van der Waals surface area (Å²) in [6.45, 7) is 3.41. The number of hydrogen-bond acceptors (Lipinski definition) is 9. The first-order chi connectivity index (χ1) is 13.3. The molecular weight excluding hydrogens is 388 g/mol. The molecule has 1 aromatic rings. The van der Waals surface area contributed by atoms with E-state index in [1.54, 1.807) is 0 Å². The zero-order valence-corrected chi connectivity index (χ0v) is 16.7. The highest BCUT2D eigenvalue weighted by Crippen LogP contribution is 2.34. The maximum absolute atomic E-state index is 11.7. The average molecular weight is 412 g/mol. The molecule has 8 nitrogen and oxygen atoms in total. The third-order valence-corrected chi connectivity index (χ3v) is 5.34. The van der Waals surface area contributed by atoms with E-state index >= 15 is 0 Å². The number of carbonyl (C=O) groups is 3. The van der Waals surface area contributed by atoms with Crippen LogP contribution in [0.3, 0.4) is 0 Å². The predicted octanol–water partition coefficient (Wildman–Crippen LogP) is 1.43. The third-order valence-electron chi connectivity index (χ3n) is 3.95. The third kappa shape index (κ3) is 6.50. The van der Waals surface area contributed by atoms with Gasteiger partial charge < -0.3 is 24.1 Å². The van der Waals surface area contributed by atoms with Crippen molar-refractivity contribution in [2.75, 3.05) is 6.61 Å². The molecule has 0 amide bonds. The molecule has 1 heterocycles. The van der Waals surface area contributed by atoms with Gasteiger partial charge in [-0.15, -0.1) is 11.8 Å². The molecule has 1 aromatic carbocycles. The highest BCUT2D eigenvalue weighted by atomic mass is 32.2. The van der Waals surface area contributed by atoms with Gasteiger partial charge >= 0.3 is 17.9 Å². The van der Waals surface area contributed by atoms with E-state index in [9.17, 15) is 19.5 Å². The molecule has 0 bridgehead atoms. The fourth-order valence-corrected chi connectivity index (χ4v) is 4.04. The van der Waals surface area contributed by atoms with Crippen LogP contribution in [-0.4, -0.2) is 59.5 Å². The van der Waals surface area contributed by atoms with Crippen molar-refractivity contribution in [3.63, 3.8) is 0 Å². The van der Waals surface area contributed by atoms with Crippen molar-refractivity contribution < 1.29 is 38.4 Å². The SMILES string of the molecule is CC(=O)OC[C@H]1OC(O)[C@H](SCc2ccccc2)[C@@H](OC(C)=O)[C@@H]1OC(C)=O. The molecule has 1 saturated heterocycles. The van der Waals surface area contributed by atoms with E-state index in [0.29, 0.717) is 5.75 Å². The van der Waals surface area contributed by atoms with Gasteiger partial charge in [-0.1, -0.05) is 30.3 Å². The topological polar surface area (TPSA) is 108 Å². The van der Waals surface area contributed by atoms with Crippen LogP contribution in [0.25, 0.3) is 0 Å². The van der Waals surface area contributed by atoms with E-state index in [2.05, 4.69) is 0 Å². The molecule has 0 radical (unpaired) electrons. The van der Waals surface area contributed by atoms with Crippen LogP contribution >= 0.6 is 11.8 Å². The van der Waals surface area contributed by atoms with Gasteiger partial charge in [-0.3, -0.25) is 14.4 Å². The van der Waals surface area contributed by atoms with Gasteiger partial charge in [0.05, 0.1) is 5.25 Å². The number of aliphatic hydroxyl groups is 1. The highest BCUT2D eigenvalue weighted by molar-refractivity contribution is 7.99. The first-order valence-electron chi connectivity index (χ1n) is 8.74. The van der Waals surface area contributed by atoms with E-state index in [1.807, 2.05) is 30.3 Å². The van der Waals surface area contributed by atoms with Crippen LogP contribution in [0.1, 0.15) is 26.3 Å². The number of hydrogen-bond donors (Lipinski definition) is 1. The molecule has 1 aliphatic rings. The van der Waals surface area contributed by atoms with E-state index in [0.717, 1.165) is 5.56 Å². The fraction of sp³-hybridized carbons (Fsp3) is 0.526. The molecule has 2 rings (SSSR count). The summed E-state index contributed by atoms with van der Waals surface area (Å²) < 4.78 is 21.2. The normalized spacial score (nSPS) is 26.9. The fourth-order valence-electron chi connectivity index (χ4n) is 2.83. The summed E-state index contributed by atoms with van der Waals surface area (Å²) in [5, 5.41) is 9.80. The molecule has 1 fully saturated rings. The summed E-state index contributed by atoms with van der Waals surface area (Å²) in [5.74, 6) is -1.23. The number of esters is 3. The summed E-state index contributed by atoms with van der Waals surface area (Å²) in [4.78, 5) is 34.4. The predicted molar refractivity (Wildman–Crippen MR) is 100 cm³/mol. The summed E-state index contributed by atoms with van der Waals surface area (Å²) in [6, 6.07) is 9.53. The zero-order valence-electron chi connectivity index (χ0n) is 15.9. The molecule has 28 heavy (non-hydrogen) atoms. The summed E-state index contributed by atoms with van der Waals surface area (Å²) in [6.07, 6.45) is -4.29. The smallest absolute Gasteiger partial charge is 0.303 e. The molecule has 1 N–H and O–H groups in total. The Morgan fingerprint density at radius 2 is 1.61 bits per heavy atom. The van der Waals surface area contributed by atoms with Gasteiger partial charge in [-0.2, -0.15) is 0 Å². The molecule has 5 atom stereocenters. The van der Waals surface area contributed by atoms with Crippen LogP contribution in [0, 0.1) is 0 Å². The number of benzene rings is 1. The van der Waals surface area contributed by atoms with Gasteiger partial charge in [0.2, 0.25) is 0 Å². The second-order valence-electron chi connectivity index (χ2n) is 6.28. The van der Waals surface area contributed by atoms with Crippen LogP contribution in [-0.2, 0) is 39.1 Å². The van der Waals surface area contributed by atoms with E-state index < -0.39 is 47.8 Å². The van der Waals surface area contributed by atoms with Crippen molar-refractivity contribution in [3.05, 3.63) is 35.9 Å². The van der Waals surface area contributed by atoms with Crippen molar-refractivity contribution in [2.45, 2.75) is 56.4 Å². The second kappa shape index (κ2) is 10.4. The van der Waals surface area contributed by atoms with Gasteiger partial charge in [0, 0.05) is 26.5 Å². The van der Waals surface area contributed by atoms with E-state index in [1.165, 1.54) is 32.5 Å². The standard InChI is InChI=1S/C19H24O8S/c1-11(20)24-9-15-16(25-12(2)21)17(26-13(3)22)18(19(23)27-15)28-10-14-7-5-4-6-8-14/h4-8,15-19,23H,9-10H2,1-3H3/t15-,16-,17+,18-,19?/m1/s1. The lowest BCUT2D eigenvalue weighted by molar-refractivity contribution is -0.249. The lowest BCUT2D eigenvalue weighted by atomic mass is 10.0. The highest BCUT2D eigenvalue weighted by Gasteiger charge is 2.50. The number of rotatable bonds is 7. The summed E-state index contributed by atoms with van der Waals surface area (Å²) >= 11 is 1.31. The molecule has 0 spiro atoms. The Morgan fingerprint density at radius 1 is 1.00 bits per heavy atom. The summed E-state index contributed by atoms with van der Waals surface area (Å²) in [7, 11) is 0. The average Bonchev–Trinajstić information content (AvgIpc) is 2.62. The molecule has 1 unspecified atom stereocenters. The maximum Gasteiger partial charge on any atom is 0.303 e. The molecule has 9 heteroatoms. The number of thioether (sulfide) groups is 1. The number of carbonyl (C=O) groups excluding carboxylic acids is 3. The monoisotopic (exact) mass is 412 g/mol. The van der Waals surface area contributed by atoms with Crippen LogP contribution in [0.5, 0.6) is 0 Å². The molecular formula is C19H24O8S. The van der Waals surface area contributed by atoms with Gasteiger partial charge in [-0.25, -0.2) is 0 Å². The molecule has 1 aliphatic heterocycles. The molecule has 154 valence electrons. The molecule has 0 saturated carbocycles. The largest absolute Gasteiger partial charge is 0.463 e. The lowest BCUT2D eigenvalue weighted by Gasteiger charge is -2.43. The van der Waals surface area contributed by atoms with Crippen LogP contribution in [0.15, 0.2) is 30.3 Å². The first-order valence-corrected chi connectivity index (χ1v) is 9.79. The quantitative estimate of drug-likeness (QED) is 0.525. The van der Waals surface area contributed by atoms with Crippen LogP contribution in [0.4, 0.5) is 0 Å². The zero-order chi connectivity index (χ0) is 20.7. The van der Waals surface area contributed by atoms with Gasteiger partial charge in [-0.05, 0) is 5.56 Å². The van der Waals surface area contributed by atoms with Gasteiger partial charge in [0.25, 0.3) is 0 Å². The Kier molecular flexibility index (Phi) is 8.28. The van der Waals surface area contributed by atoms with Crippen molar-refractivity contribution in [2.24, 2.45) is 0 Å². The molecule has 0 aliphatic carbocycles. The second-order valence-corrected chi connectivity index (χ2v) is 7.44. The lowest BCUT2D eigenvalue weighted by Crippen LogP contribution is -2.60. The Morgan fingerprint density at radius 3 is 2.18 bits per heavy atom. The van der Waals surface area contributed by atoms with E-state index in [-0.39, 0.29) is 6.61 Å². The minimum absolute atomic E-state index is 0.252. The van der Waals surface area contributed by atoms with Crippen molar-refractivity contribution in [3.8, 4) is 0 Å². The Labute approximate surface area is 167 Å². The Bertz CT molecular complexity index is 680. The minimum atomic E-state index is -1.31. The first kappa shape index (κ1) is 22.2. The number of ether oxygens (including phenoxy) is 4. The van der Waals surface area contributed by atoms with Crippen LogP contribution in [0.2, 0.25) is 0 Å². The Balaban J connectivity index is 2.22. The number of aliphatic hydroxyl groups excluding tert-OH is 1. The minimum Gasteiger partial charge on any atom is -0.463 e. The Hall–Kier alpha value is -2.10. The van der Waals surface area contributed by atoms with Gasteiger partial charge in [0.15, 0.2) is 18.5 Å². The van der Waals surface area contributed by atoms with Crippen molar-refractivity contribution in [1.82, 2.24) is 0 Å². The molecule has 0 aromatic heterocycles.